The highest BCUT2D eigenvalue weighted by Gasteiger charge is 2.37. The summed E-state index contributed by atoms with van der Waals surface area (Å²) in [6, 6.07) is 16.4. The molecule has 5 heteroatoms. The molecule has 0 unspecified atom stereocenters. The van der Waals surface area contributed by atoms with Gasteiger partial charge < -0.3 is 4.42 Å². The lowest BCUT2D eigenvalue weighted by atomic mass is 10.1. The first-order valence-corrected chi connectivity index (χ1v) is 9.40. The van der Waals surface area contributed by atoms with Gasteiger partial charge >= 0.3 is 0 Å². The molecule has 5 nitrogen and oxygen atoms in total. The van der Waals surface area contributed by atoms with Gasteiger partial charge in [-0.2, -0.15) is 0 Å². The first kappa shape index (κ1) is 17.4. The summed E-state index contributed by atoms with van der Waals surface area (Å²) < 4.78 is 5.96. The summed E-state index contributed by atoms with van der Waals surface area (Å²) in [4.78, 5) is 31.6. The second kappa shape index (κ2) is 6.14. The molecule has 0 bridgehead atoms. The molecule has 1 aliphatic heterocycles. The Balaban J connectivity index is 1.62. The Bertz CT molecular complexity index is 1260. The van der Waals surface area contributed by atoms with E-state index in [1.54, 1.807) is 30.3 Å². The molecule has 0 radical (unpaired) electrons. The molecule has 2 heterocycles. The average Bonchev–Trinajstić information content (AvgIpc) is 3.22. The number of imide groups is 1. The van der Waals surface area contributed by atoms with Gasteiger partial charge in [0.05, 0.1) is 16.8 Å². The van der Waals surface area contributed by atoms with Gasteiger partial charge in [0, 0.05) is 5.56 Å². The van der Waals surface area contributed by atoms with E-state index < -0.39 is 0 Å². The van der Waals surface area contributed by atoms with Crippen molar-refractivity contribution in [2.45, 2.75) is 20.8 Å². The van der Waals surface area contributed by atoms with E-state index in [-0.39, 0.29) is 11.8 Å². The van der Waals surface area contributed by atoms with Gasteiger partial charge in [0.25, 0.3) is 11.8 Å². The summed E-state index contributed by atoms with van der Waals surface area (Å²) in [6.07, 6.45) is 0. The van der Waals surface area contributed by atoms with E-state index in [0.717, 1.165) is 22.2 Å². The molecule has 4 aromatic rings. The number of anilines is 1. The Morgan fingerprint density at radius 1 is 0.793 bits per heavy atom. The number of fused-ring (bicyclic) bond motifs is 2. The maximum Gasteiger partial charge on any atom is 0.266 e. The van der Waals surface area contributed by atoms with E-state index >= 15 is 0 Å². The number of benzene rings is 3. The van der Waals surface area contributed by atoms with Crippen LogP contribution in [0.3, 0.4) is 0 Å². The summed E-state index contributed by atoms with van der Waals surface area (Å²) in [6.45, 7) is 5.94. The monoisotopic (exact) mass is 382 g/mol. The van der Waals surface area contributed by atoms with Gasteiger partial charge in [0.15, 0.2) is 5.58 Å². The Morgan fingerprint density at radius 3 is 2.14 bits per heavy atom. The molecule has 0 aliphatic carbocycles. The van der Waals surface area contributed by atoms with Crippen molar-refractivity contribution in [3.05, 3.63) is 82.4 Å². The van der Waals surface area contributed by atoms with Crippen molar-refractivity contribution in [1.82, 2.24) is 4.98 Å². The lowest BCUT2D eigenvalue weighted by Gasteiger charge is -2.17. The molecule has 0 saturated carbocycles. The normalized spacial score (nSPS) is 13.4. The number of aryl methyl sites for hydroxylation is 3. The molecule has 0 fully saturated rings. The summed E-state index contributed by atoms with van der Waals surface area (Å²) in [5.74, 6) is -0.160. The molecule has 0 saturated heterocycles. The predicted octanol–water partition coefficient (Wildman–Crippen LogP) is 5.22. The minimum atomic E-state index is -0.310. The van der Waals surface area contributed by atoms with Crippen molar-refractivity contribution < 1.29 is 14.0 Å². The molecule has 5 rings (SSSR count). The molecule has 1 aromatic heterocycles. The highest BCUT2D eigenvalue weighted by atomic mass is 16.3. The first-order valence-electron chi connectivity index (χ1n) is 9.40. The predicted molar refractivity (Wildman–Crippen MR) is 111 cm³/mol. The number of amides is 2. The van der Waals surface area contributed by atoms with E-state index in [4.69, 9.17) is 4.42 Å². The summed E-state index contributed by atoms with van der Waals surface area (Å²) in [5.41, 5.74) is 6.72. The van der Waals surface area contributed by atoms with Crippen LogP contribution in [0.4, 0.5) is 5.69 Å². The Morgan fingerprint density at radius 2 is 1.45 bits per heavy atom. The number of aromatic nitrogens is 1. The third-order valence-electron chi connectivity index (χ3n) is 5.49. The van der Waals surface area contributed by atoms with E-state index in [0.29, 0.717) is 33.9 Å². The fraction of sp³-hybridized carbons (Fsp3) is 0.125. The lowest BCUT2D eigenvalue weighted by molar-refractivity contribution is 0.0926. The van der Waals surface area contributed by atoms with Crippen LogP contribution in [-0.2, 0) is 0 Å². The number of carbonyl (C=O) groups is 2. The van der Waals surface area contributed by atoms with Gasteiger partial charge in [0.2, 0.25) is 5.89 Å². The van der Waals surface area contributed by atoms with Crippen molar-refractivity contribution in [1.29, 1.82) is 0 Å². The zero-order valence-corrected chi connectivity index (χ0v) is 16.3. The van der Waals surface area contributed by atoms with Crippen LogP contribution >= 0.6 is 0 Å². The molecule has 0 spiro atoms. The molecule has 2 amide bonds. The number of rotatable bonds is 2. The van der Waals surface area contributed by atoms with Crippen LogP contribution < -0.4 is 4.90 Å². The maximum absolute atomic E-state index is 12.9. The standard InChI is InChI=1S/C24H18N2O3/c1-13-8-9-16(22-25-19-10-14(2)15(3)11-21(19)29-22)12-20(13)26-23(27)17-6-4-5-7-18(17)24(26)28/h4-12H,1-3H3. The molecule has 1 aliphatic rings. The molecule has 0 atom stereocenters. The molecular weight excluding hydrogens is 364 g/mol. The second-order valence-corrected chi connectivity index (χ2v) is 7.42. The van der Waals surface area contributed by atoms with Crippen LogP contribution in [0.2, 0.25) is 0 Å². The van der Waals surface area contributed by atoms with Crippen LogP contribution in [0.5, 0.6) is 0 Å². The third kappa shape index (κ3) is 2.58. The maximum atomic E-state index is 12.9. The summed E-state index contributed by atoms with van der Waals surface area (Å²) in [7, 11) is 0. The zero-order chi connectivity index (χ0) is 20.3. The Labute approximate surface area is 167 Å². The largest absolute Gasteiger partial charge is 0.436 e. The second-order valence-electron chi connectivity index (χ2n) is 7.42. The van der Waals surface area contributed by atoms with Crippen molar-refractivity contribution >= 4 is 28.6 Å². The number of carbonyl (C=O) groups excluding carboxylic acids is 2. The van der Waals surface area contributed by atoms with Crippen LogP contribution in [-0.4, -0.2) is 16.8 Å². The van der Waals surface area contributed by atoms with Crippen molar-refractivity contribution in [3.8, 4) is 11.5 Å². The SMILES string of the molecule is Cc1cc2nc(-c3ccc(C)c(N4C(=O)c5ccccc5C4=O)c3)oc2cc1C. The molecule has 142 valence electrons. The van der Waals surface area contributed by atoms with Gasteiger partial charge in [-0.15, -0.1) is 0 Å². The van der Waals surface area contributed by atoms with Crippen molar-refractivity contribution in [2.75, 3.05) is 4.90 Å². The first-order chi connectivity index (χ1) is 13.9. The van der Waals surface area contributed by atoms with E-state index in [2.05, 4.69) is 4.98 Å². The Hall–Kier alpha value is -3.73. The fourth-order valence-corrected chi connectivity index (χ4v) is 3.69. The van der Waals surface area contributed by atoms with Crippen LogP contribution in [0, 0.1) is 20.8 Å². The van der Waals surface area contributed by atoms with Gasteiger partial charge in [0.1, 0.15) is 5.52 Å². The van der Waals surface area contributed by atoms with Crippen LogP contribution in [0.15, 0.2) is 59.0 Å². The molecule has 29 heavy (non-hydrogen) atoms. The molecule has 3 aromatic carbocycles. The van der Waals surface area contributed by atoms with Crippen LogP contribution in [0.25, 0.3) is 22.6 Å². The van der Waals surface area contributed by atoms with E-state index in [1.165, 1.54) is 4.90 Å². The number of oxazole rings is 1. The number of hydrogen-bond acceptors (Lipinski definition) is 4. The van der Waals surface area contributed by atoms with E-state index in [9.17, 15) is 9.59 Å². The van der Waals surface area contributed by atoms with Crippen LogP contribution in [0.1, 0.15) is 37.4 Å². The Kier molecular flexibility index (Phi) is 3.68. The lowest BCUT2D eigenvalue weighted by Crippen LogP contribution is -2.30. The van der Waals surface area contributed by atoms with E-state index in [1.807, 2.05) is 45.0 Å². The summed E-state index contributed by atoms with van der Waals surface area (Å²) >= 11 is 0. The number of hydrogen-bond donors (Lipinski definition) is 0. The van der Waals surface area contributed by atoms with Gasteiger partial charge in [-0.3, -0.25) is 9.59 Å². The smallest absolute Gasteiger partial charge is 0.266 e. The highest BCUT2D eigenvalue weighted by molar-refractivity contribution is 6.34. The minimum Gasteiger partial charge on any atom is -0.436 e. The van der Waals surface area contributed by atoms with Crippen molar-refractivity contribution in [3.63, 3.8) is 0 Å². The van der Waals surface area contributed by atoms with Gasteiger partial charge in [-0.25, -0.2) is 9.88 Å². The quantitative estimate of drug-likeness (QED) is 0.446. The summed E-state index contributed by atoms with van der Waals surface area (Å²) in [5, 5.41) is 0. The third-order valence-corrected chi connectivity index (χ3v) is 5.49. The average molecular weight is 382 g/mol. The van der Waals surface area contributed by atoms with Crippen molar-refractivity contribution in [2.24, 2.45) is 0 Å². The fourth-order valence-electron chi connectivity index (χ4n) is 3.69. The zero-order valence-electron chi connectivity index (χ0n) is 16.3. The van der Waals surface area contributed by atoms with Gasteiger partial charge in [-0.1, -0.05) is 18.2 Å². The molecular formula is C24H18N2O3. The topological polar surface area (TPSA) is 63.4 Å². The minimum absolute atomic E-state index is 0.310. The number of nitrogens with zero attached hydrogens (tertiary/aromatic N) is 2. The highest BCUT2D eigenvalue weighted by Crippen LogP contribution is 2.34. The molecule has 0 N–H and O–H groups in total. The van der Waals surface area contributed by atoms with Gasteiger partial charge in [-0.05, 0) is 73.9 Å².